The third-order valence-corrected chi connectivity index (χ3v) is 4.32. The summed E-state index contributed by atoms with van der Waals surface area (Å²) in [5, 5.41) is 7.46. The molecule has 1 aliphatic carbocycles. The standard InChI is InChI=1S/C15H16N4O2/c20-15(11-4-6-16-17-8-11)19-7-5-13-12(9-19)18-14(21-13)10-2-1-3-10/h4,6,8,10H,1-3,5,7,9H2. The van der Waals surface area contributed by atoms with Crippen molar-refractivity contribution in [1.82, 2.24) is 20.1 Å². The zero-order chi connectivity index (χ0) is 14.2. The molecule has 1 aliphatic heterocycles. The number of aromatic nitrogens is 3. The van der Waals surface area contributed by atoms with Crippen LogP contribution in [0.1, 0.15) is 52.9 Å². The van der Waals surface area contributed by atoms with Gasteiger partial charge in [-0.25, -0.2) is 4.98 Å². The summed E-state index contributed by atoms with van der Waals surface area (Å²) in [5.41, 5.74) is 1.48. The average Bonchev–Trinajstić information content (AvgIpc) is 2.87. The number of hydrogen-bond donors (Lipinski definition) is 0. The fraction of sp³-hybridized carbons (Fsp3) is 0.467. The lowest BCUT2D eigenvalue weighted by atomic mass is 9.85. The third kappa shape index (κ3) is 2.20. The Morgan fingerprint density at radius 1 is 1.33 bits per heavy atom. The normalized spacial score (nSPS) is 18.2. The van der Waals surface area contributed by atoms with Crippen LogP contribution in [0.4, 0.5) is 0 Å². The van der Waals surface area contributed by atoms with Gasteiger partial charge in [0.2, 0.25) is 0 Å². The molecule has 2 aliphatic rings. The van der Waals surface area contributed by atoms with E-state index in [2.05, 4.69) is 15.2 Å². The van der Waals surface area contributed by atoms with E-state index in [0.29, 0.717) is 24.6 Å². The molecule has 0 N–H and O–H groups in total. The van der Waals surface area contributed by atoms with Crippen LogP contribution in [0.3, 0.4) is 0 Å². The zero-order valence-electron chi connectivity index (χ0n) is 11.7. The van der Waals surface area contributed by atoms with Crippen LogP contribution in [0.2, 0.25) is 0 Å². The molecular weight excluding hydrogens is 268 g/mol. The number of nitrogens with zero attached hydrogens (tertiary/aromatic N) is 4. The van der Waals surface area contributed by atoms with Crippen molar-refractivity contribution in [2.45, 2.75) is 38.1 Å². The lowest BCUT2D eigenvalue weighted by Gasteiger charge is -2.25. The second kappa shape index (κ2) is 4.95. The number of carbonyl (C=O) groups excluding carboxylic acids is 1. The maximum Gasteiger partial charge on any atom is 0.255 e. The van der Waals surface area contributed by atoms with Crippen LogP contribution in [0.25, 0.3) is 0 Å². The number of amides is 1. The molecule has 1 amide bonds. The van der Waals surface area contributed by atoms with Gasteiger partial charge in [-0.15, -0.1) is 0 Å². The highest BCUT2D eigenvalue weighted by Gasteiger charge is 2.30. The van der Waals surface area contributed by atoms with E-state index < -0.39 is 0 Å². The van der Waals surface area contributed by atoms with Crippen molar-refractivity contribution in [2.75, 3.05) is 6.54 Å². The Labute approximate surface area is 122 Å². The van der Waals surface area contributed by atoms with Crippen LogP contribution >= 0.6 is 0 Å². The van der Waals surface area contributed by atoms with Crippen LogP contribution in [0.15, 0.2) is 22.9 Å². The van der Waals surface area contributed by atoms with Crippen molar-refractivity contribution in [3.05, 3.63) is 41.4 Å². The number of hydrogen-bond acceptors (Lipinski definition) is 5. The summed E-state index contributed by atoms with van der Waals surface area (Å²) in [6.07, 6.45) is 7.37. The molecule has 2 aromatic rings. The number of fused-ring (bicyclic) bond motifs is 1. The van der Waals surface area contributed by atoms with Crippen molar-refractivity contribution in [2.24, 2.45) is 0 Å². The van der Waals surface area contributed by atoms with E-state index in [4.69, 9.17) is 4.42 Å². The molecule has 0 spiro atoms. The monoisotopic (exact) mass is 284 g/mol. The first-order valence-electron chi connectivity index (χ1n) is 7.36. The molecule has 3 heterocycles. The molecule has 2 aromatic heterocycles. The minimum absolute atomic E-state index is 0.0243. The highest BCUT2D eigenvalue weighted by atomic mass is 16.4. The molecule has 0 radical (unpaired) electrons. The van der Waals surface area contributed by atoms with Gasteiger partial charge in [0.1, 0.15) is 11.5 Å². The van der Waals surface area contributed by atoms with Gasteiger partial charge in [-0.1, -0.05) is 6.42 Å². The summed E-state index contributed by atoms with van der Waals surface area (Å²) in [6.45, 7) is 1.18. The maximum absolute atomic E-state index is 12.4. The summed E-state index contributed by atoms with van der Waals surface area (Å²) in [5.74, 6) is 2.29. The summed E-state index contributed by atoms with van der Waals surface area (Å²) in [4.78, 5) is 18.8. The molecule has 21 heavy (non-hydrogen) atoms. The fourth-order valence-corrected chi connectivity index (χ4v) is 2.82. The van der Waals surface area contributed by atoms with E-state index in [1.165, 1.54) is 31.7 Å². The van der Waals surface area contributed by atoms with Crippen LogP contribution in [0.5, 0.6) is 0 Å². The van der Waals surface area contributed by atoms with Crippen molar-refractivity contribution < 1.29 is 9.21 Å². The molecule has 4 rings (SSSR count). The second-order valence-corrected chi connectivity index (χ2v) is 5.66. The molecule has 0 aromatic carbocycles. The van der Waals surface area contributed by atoms with Crippen molar-refractivity contribution >= 4 is 5.91 Å². The zero-order valence-corrected chi connectivity index (χ0v) is 11.7. The quantitative estimate of drug-likeness (QED) is 0.842. The first-order valence-corrected chi connectivity index (χ1v) is 7.36. The minimum Gasteiger partial charge on any atom is -0.445 e. The van der Waals surface area contributed by atoms with E-state index in [1.54, 1.807) is 11.0 Å². The van der Waals surface area contributed by atoms with Gasteiger partial charge in [0.05, 0.1) is 24.5 Å². The molecular formula is C15H16N4O2. The second-order valence-electron chi connectivity index (χ2n) is 5.66. The van der Waals surface area contributed by atoms with Crippen molar-refractivity contribution in [3.63, 3.8) is 0 Å². The number of oxazole rings is 1. The number of rotatable bonds is 2. The Bertz CT molecular complexity index is 664. The molecule has 0 atom stereocenters. The molecule has 6 nitrogen and oxygen atoms in total. The van der Waals surface area contributed by atoms with E-state index >= 15 is 0 Å². The Morgan fingerprint density at radius 2 is 2.24 bits per heavy atom. The summed E-state index contributed by atoms with van der Waals surface area (Å²) >= 11 is 0. The molecule has 108 valence electrons. The Kier molecular flexibility index (Phi) is 2.94. The van der Waals surface area contributed by atoms with Crippen molar-refractivity contribution in [3.8, 4) is 0 Å². The van der Waals surface area contributed by atoms with Gasteiger partial charge < -0.3 is 9.32 Å². The summed E-state index contributed by atoms with van der Waals surface area (Å²) < 4.78 is 5.87. The van der Waals surface area contributed by atoms with E-state index in [9.17, 15) is 4.79 Å². The summed E-state index contributed by atoms with van der Waals surface area (Å²) in [7, 11) is 0. The Balaban J connectivity index is 1.53. The van der Waals surface area contributed by atoms with Gasteiger partial charge in [-0.2, -0.15) is 10.2 Å². The Morgan fingerprint density at radius 3 is 2.95 bits per heavy atom. The topological polar surface area (TPSA) is 72.1 Å². The van der Waals surface area contributed by atoms with Crippen molar-refractivity contribution in [1.29, 1.82) is 0 Å². The van der Waals surface area contributed by atoms with Gasteiger partial charge in [0, 0.05) is 18.9 Å². The molecule has 1 fully saturated rings. The highest BCUT2D eigenvalue weighted by Crippen LogP contribution is 2.37. The third-order valence-electron chi connectivity index (χ3n) is 4.32. The first kappa shape index (κ1) is 12.5. The lowest BCUT2D eigenvalue weighted by molar-refractivity contribution is 0.0727. The SMILES string of the molecule is O=C(c1ccnnc1)N1CCc2oc(C3CCC3)nc2C1. The van der Waals surface area contributed by atoms with Gasteiger partial charge >= 0.3 is 0 Å². The predicted molar refractivity (Wildman–Crippen MR) is 73.6 cm³/mol. The molecule has 0 saturated heterocycles. The maximum atomic E-state index is 12.4. The van der Waals surface area contributed by atoms with Crippen LogP contribution in [-0.4, -0.2) is 32.5 Å². The molecule has 0 unspecified atom stereocenters. The predicted octanol–water partition coefficient (Wildman–Crippen LogP) is 1.93. The highest BCUT2D eigenvalue weighted by molar-refractivity contribution is 5.93. The molecule has 6 heteroatoms. The van der Waals surface area contributed by atoms with E-state index in [0.717, 1.165) is 23.8 Å². The minimum atomic E-state index is -0.0243. The lowest BCUT2D eigenvalue weighted by Crippen LogP contribution is -2.35. The fourth-order valence-electron chi connectivity index (χ4n) is 2.82. The van der Waals surface area contributed by atoms with Gasteiger partial charge in [-0.3, -0.25) is 4.79 Å². The van der Waals surface area contributed by atoms with Crippen LogP contribution in [0, 0.1) is 0 Å². The smallest absolute Gasteiger partial charge is 0.255 e. The number of carbonyl (C=O) groups is 1. The molecule has 0 bridgehead atoms. The van der Waals surface area contributed by atoms with Gasteiger partial charge in [-0.05, 0) is 18.9 Å². The first-order chi connectivity index (χ1) is 10.3. The van der Waals surface area contributed by atoms with Crippen LogP contribution in [-0.2, 0) is 13.0 Å². The van der Waals surface area contributed by atoms with Gasteiger partial charge in [0.15, 0.2) is 5.89 Å². The van der Waals surface area contributed by atoms with E-state index in [1.807, 2.05) is 0 Å². The largest absolute Gasteiger partial charge is 0.445 e. The summed E-state index contributed by atoms with van der Waals surface area (Å²) in [6, 6.07) is 1.69. The van der Waals surface area contributed by atoms with Gasteiger partial charge in [0.25, 0.3) is 5.91 Å². The molecule has 1 saturated carbocycles. The van der Waals surface area contributed by atoms with E-state index in [-0.39, 0.29) is 5.91 Å². The van der Waals surface area contributed by atoms with Crippen LogP contribution < -0.4 is 0 Å². The average molecular weight is 284 g/mol. The Hall–Kier alpha value is -2.24.